The van der Waals surface area contributed by atoms with Crippen LogP contribution in [0.25, 0.3) is 0 Å². The Morgan fingerprint density at radius 3 is 2.75 bits per heavy atom. The number of aromatic nitrogens is 2. The predicted molar refractivity (Wildman–Crippen MR) is 51.8 cm³/mol. The van der Waals surface area contributed by atoms with Gasteiger partial charge in [0, 0.05) is 23.4 Å². The third kappa shape index (κ3) is 3.59. The van der Waals surface area contributed by atoms with Crippen LogP contribution in [0.15, 0.2) is 29.5 Å². The Hall–Kier alpha value is -0.740. The molecule has 1 aromatic rings. The van der Waals surface area contributed by atoms with Gasteiger partial charge in [0.15, 0.2) is 0 Å². The van der Waals surface area contributed by atoms with Gasteiger partial charge in [-0.1, -0.05) is 22.5 Å². The highest BCUT2D eigenvalue weighted by Gasteiger charge is 1.92. The first-order valence-corrected chi connectivity index (χ1v) is 4.38. The van der Waals surface area contributed by atoms with Crippen LogP contribution in [0.3, 0.4) is 0 Å². The highest BCUT2D eigenvalue weighted by molar-refractivity contribution is 9.11. The van der Waals surface area contributed by atoms with E-state index in [4.69, 9.17) is 0 Å². The quantitative estimate of drug-likeness (QED) is 0.847. The van der Waals surface area contributed by atoms with Crippen molar-refractivity contribution in [2.45, 2.75) is 6.54 Å². The first-order valence-electron chi connectivity index (χ1n) is 3.59. The van der Waals surface area contributed by atoms with Crippen LogP contribution in [0.1, 0.15) is 5.82 Å². The summed E-state index contributed by atoms with van der Waals surface area (Å²) in [4.78, 5) is 8.11. The lowest BCUT2D eigenvalue weighted by molar-refractivity contribution is 0.713. The van der Waals surface area contributed by atoms with Crippen LogP contribution < -0.4 is 5.32 Å². The summed E-state index contributed by atoms with van der Waals surface area (Å²) in [5, 5.41) is 3.13. The molecule has 0 saturated carbocycles. The number of rotatable bonds is 4. The van der Waals surface area contributed by atoms with Crippen molar-refractivity contribution >= 4 is 15.9 Å². The highest BCUT2D eigenvalue weighted by atomic mass is 79.9. The molecular formula is C8H10BrN3. The van der Waals surface area contributed by atoms with Gasteiger partial charge in [-0.2, -0.15) is 0 Å². The first kappa shape index (κ1) is 9.35. The zero-order chi connectivity index (χ0) is 8.81. The van der Waals surface area contributed by atoms with E-state index in [1.54, 1.807) is 18.5 Å². The Labute approximate surface area is 80.1 Å². The van der Waals surface area contributed by atoms with Gasteiger partial charge in [-0.3, -0.25) is 0 Å². The van der Waals surface area contributed by atoms with E-state index in [0.29, 0.717) is 6.54 Å². The number of hydrogen-bond donors (Lipinski definition) is 1. The molecule has 3 nitrogen and oxygen atoms in total. The Kier molecular flexibility index (Phi) is 3.90. The van der Waals surface area contributed by atoms with Gasteiger partial charge in [0.2, 0.25) is 0 Å². The number of nitrogens with zero attached hydrogens (tertiary/aromatic N) is 2. The summed E-state index contributed by atoms with van der Waals surface area (Å²) in [5.74, 6) is 0.797. The van der Waals surface area contributed by atoms with Gasteiger partial charge >= 0.3 is 0 Å². The van der Waals surface area contributed by atoms with Crippen LogP contribution >= 0.6 is 15.9 Å². The van der Waals surface area contributed by atoms with E-state index >= 15 is 0 Å². The monoisotopic (exact) mass is 227 g/mol. The lowest BCUT2D eigenvalue weighted by Crippen LogP contribution is -2.16. The van der Waals surface area contributed by atoms with Crippen molar-refractivity contribution in [3.8, 4) is 0 Å². The molecule has 1 heterocycles. The largest absolute Gasteiger partial charge is 0.305 e. The van der Waals surface area contributed by atoms with E-state index in [-0.39, 0.29) is 0 Å². The lowest BCUT2D eigenvalue weighted by Gasteiger charge is -2.00. The molecule has 0 aliphatic rings. The van der Waals surface area contributed by atoms with Crippen molar-refractivity contribution in [2.75, 3.05) is 6.54 Å². The summed E-state index contributed by atoms with van der Waals surface area (Å²) in [5.41, 5.74) is 0. The van der Waals surface area contributed by atoms with Crippen LogP contribution in [-0.2, 0) is 6.54 Å². The van der Waals surface area contributed by atoms with E-state index in [2.05, 4.69) is 37.8 Å². The number of hydrogen-bond acceptors (Lipinski definition) is 3. The van der Waals surface area contributed by atoms with Gasteiger partial charge in [-0.15, -0.1) is 0 Å². The second-order valence-electron chi connectivity index (χ2n) is 2.29. The van der Waals surface area contributed by atoms with Crippen molar-refractivity contribution in [2.24, 2.45) is 0 Å². The molecule has 12 heavy (non-hydrogen) atoms. The molecule has 1 aromatic heterocycles. The van der Waals surface area contributed by atoms with Gasteiger partial charge in [0.25, 0.3) is 0 Å². The average Bonchev–Trinajstić information content (AvgIpc) is 2.05. The second-order valence-corrected chi connectivity index (χ2v) is 3.41. The maximum Gasteiger partial charge on any atom is 0.141 e. The van der Waals surface area contributed by atoms with Crippen LogP contribution in [-0.4, -0.2) is 16.5 Å². The molecule has 0 aliphatic heterocycles. The summed E-state index contributed by atoms with van der Waals surface area (Å²) < 4.78 is 0.929. The minimum absolute atomic E-state index is 0.672. The molecule has 0 fully saturated rings. The lowest BCUT2D eigenvalue weighted by atomic mass is 10.5. The van der Waals surface area contributed by atoms with Gasteiger partial charge < -0.3 is 5.32 Å². The fourth-order valence-electron chi connectivity index (χ4n) is 0.731. The minimum atomic E-state index is 0.672. The van der Waals surface area contributed by atoms with Crippen molar-refractivity contribution < 1.29 is 0 Å². The minimum Gasteiger partial charge on any atom is -0.305 e. The Morgan fingerprint density at radius 1 is 1.50 bits per heavy atom. The molecule has 0 atom stereocenters. The summed E-state index contributed by atoms with van der Waals surface area (Å²) in [6.45, 7) is 5.11. The molecule has 4 heteroatoms. The van der Waals surface area contributed by atoms with Crippen LogP contribution in [0.5, 0.6) is 0 Å². The zero-order valence-electron chi connectivity index (χ0n) is 6.63. The van der Waals surface area contributed by atoms with Crippen molar-refractivity contribution in [1.29, 1.82) is 0 Å². The number of nitrogens with one attached hydrogen (secondary N) is 1. The fourth-order valence-corrected chi connectivity index (χ4v) is 0.929. The zero-order valence-corrected chi connectivity index (χ0v) is 8.21. The van der Waals surface area contributed by atoms with E-state index < -0.39 is 0 Å². The Bertz CT molecular complexity index is 248. The van der Waals surface area contributed by atoms with Crippen LogP contribution in [0.4, 0.5) is 0 Å². The molecule has 0 aliphatic carbocycles. The Balaban J connectivity index is 2.29. The summed E-state index contributed by atoms with van der Waals surface area (Å²) in [6.07, 6.45) is 3.46. The van der Waals surface area contributed by atoms with Crippen LogP contribution in [0.2, 0.25) is 0 Å². The maximum absolute atomic E-state index is 4.06. The molecule has 0 radical (unpaired) electrons. The van der Waals surface area contributed by atoms with Gasteiger partial charge in [0.05, 0.1) is 6.54 Å². The average molecular weight is 228 g/mol. The van der Waals surface area contributed by atoms with E-state index in [0.717, 1.165) is 16.9 Å². The topological polar surface area (TPSA) is 37.8 Å². The van der Waals surface area contributed by atoms with Crippen molar-refractivity contribution in [3.63, 3.8) is 0 Å². The fraction of sp³-hybridized carbons (Fsp3) is 0.250. The molecule has 64 valence electrons. The molecule has 0 spiro atoms. The molecule has 0 bridgehead atoms. The molecule has 0 unspecified atom stereocenters. The second kappa shape index (κ2) is 5.00. The SMILES string of the molecule is C=C(Br)CNCc1ncccn1. The van der Waals surface area contributed by atoms with Gasteiger partial charge in [0.1, 0.15) is 5.82 Å². The highest BCUT2D eigenvalue weighted by Crippen LogP contribution is 1.97. The molecule has 0 aromatic carbocycles. The summed E-state index contributed by atoms with van der Waals surface area (Å²) in [6, 6.07) is 1.80. The van der Waals surface area contributed by atoms with Gasteiger partial charge in [-0.05, 0) is 6.07 Å². The number of halogens is 1. The van der Waals surface area contributed by atoms with Gasteiger partial charge in [-0.25, -0.2) is 9.97 Å². The molecule has 1 rings (SSSR count). The maximum atomic E-state index is 4.06. The normalized spacial score (nSPS) is 9.75. The van der Waals surface area contributed by atoms with Crippen molar-refractivity contribution in [1.82, 2.24) is 15.3 Å². The summed E-state index contributed by atoms with van der Waals surface area (Å²) in [7, 11) is 0. The van der Waals surface area contributed by atoms with E-state index in [1.165, 1.54) is 0 Å². The molecule has 0 amide bonds. The predicted octanol–water partition coefficient (Wildman–Crippen LogP) is 1.47. The molecule has 1 N–H and O–H groups in total. The molecular weight excluding hydrogens is 218 g/mol. The smallest absolute Gasteiger partial charge is 0.141 e. The van der Waals surface area contributed by atoms with E-state index in [9.17, 15) is 0 Å². The molecule has 0 saturated heterocycles. The van der Waals surface area contributed by atoms with Crippen molar-refractivity contribution in [3.05, 3.63) is 35.3 Å². The third-order valence-corrected chi connectivity index (χ3v) is 1.50. The Morgan fingerprint density at radius 2 is 2.17 bits per heavy atom. The van der Waals surface area contributed by atoms with E-state index in [1.807, 2.05) is 0 Å². The summed E-state index contributed by atoms with van der Waals surface area (Å²) >= 11 is 3.25. The first-order chi connectivity index (χ1) is 5.79. The standard InChI is InChI=1S/C8H10BrN3/c1-7(9)5-10-6-8-11-3-2-4-12-8/h2-4,10H,1,5-6H2. The van der Waals surface area contributed by atoms with Crippen LogP contribution in [0, 0.1) is 0 Å². The third-order valence-electron chi connectivity index (χ3n) is 1.22.